The highest BCUT2D eigenvalue weighted by Crippen LogP contribution is 2.22. The van der Waals surface area contributed by atoms with Crippen LogP contribution in [0.15, 0.2) is 41.6 Å². The number of carbonyl (C=O) groups excluding carboxylic acids is 1. The van der Waals surface area contributed by atoms with Gasteiger partial charge in [-0.3, -0.25) is 0 Å². The van der Waals surface area contributed by atoms with Crippen LogP contribution < -0.4 is 10.6 Å². The number of halogens is 1. The van der Waals surface area contributed by atoms with Crippen LogP contribution >= 0.6 is 23.8 Å². The first-order valence-electron chi connectivity index (χ1n) is 7.84. The third-order valence-electron chi connectivity index (χ3n) is 3.56. The molecule has 1 aromatic carbocycles. The second-order valence-electron chi connectivity index (χ2n) is 5.69. The van der Waals surface area contributed by atoms with E-state index in [1.807, 2.05) is 50.3 Å². The molecule has 1 heterocycles. The summed E-state index contributed by atoms with van der Waals surface area (Å²) in [6.07, 6.45) is 3.84. The van der Waals surface area contributed by atoms with Crippen molar-refractivity contribution in [1.29, 1.82) is 0 Å². The van der Waals surface area contributed by atoms with Gasteiger partial charge in [-0.2, -0.15) is 0 Å². The van der Waals surface area contributed by atoms with Gasteiger partial charge in [-0.1, -0.05) is 49.7 Å². The van der Waals surface area contributed by atoms with Gasteiger partial charge < -0.3 is 15.4 Å². The topological polar surface area (TPSA) is 50.4 Å². The largest absolute Gasteiger partial charge is 0.463 e. The molecule has 0 saturated heterocycles. The van der Waals surface area contributed by atoms with Crippen molar-refractivity contribution in [1.82, 2.24) is 10.6 Å². The number of esters is 1. The summed E-state index contributed by atoms with van der Waals surface area (Å²) in [6.45, 7) is 6.14. The standard InChI is InChI=1S/C18H21ClN2O2S/c1-4-23-17(22)15-14(20-18(24)21-16(15)11(2)3)10-7-12-5-8-13(19)9-6-12/h5-11,14H,4H2,1-3H3,(H2,20,21,24)/b10-7+/t14-/m0/s1. The van der Waals surface area contributed by atoms with Crippen molar-refractivity contribution in [2.75, 3.05) is 6.61 Å². The van der Waals surface area contributed by atoms with Crippen LogP contribution in [0.4, 0.5) is 0 Å². The number of ether oxygens (including phenoxy) is 1. The zero-order chi connectivity index (χ0) is 17.7. The van der Waals surface area contributed by atoms with Crippen LogP contribution in [-0.4, -0.2) is 23.7 Å². The minimum atomic E-state index is -0.342. The predicted octanol–water partition coefficient (Wildman–Crippen LogP) is 3.67. The normalized spacial score (nSPS) is 17.9. The van der Waals surface area contributed by atoms with Gasteiger partial charge >= 0.3 is 5.97 Å². The molecule has 0 saturated carbocycles. The Hall–Kier alpha value is -1.85. The van der Waals surface area contributed by atoms with Gasteiger partial charge in [0.2, 0.25) is 0 Å². The molecule has 128 valence electrons. The molecule has 2 N–H and O–H groups in total. The molecule has 0 bridgehead atoms. The van der Waals surface area contributed by atoms with Gasteiger partial charge in [0.15, 0.2) is 5.11 Å². The van der Waals surface area contributed by atoms with Crippen molar-refractivity contribution >= 4 is 41.0 Å². The molecule has 0 amide bonds. The maximum Gasteiger partial charge on any atom is 0.338 e. The van der Waals surface area contributed by atoms with Gasteiger partial charge in [-0.05, 0) is 42.8 Å². The molecule has 0 fully saturated rings. The number of nitrogens with one attached hydrogen (secondary N) is 2. The Morgan fingerprint density at radius 3 is 2.62 bits per heavy atom. The minimum absolute atomic E-state index is 0.121. The first kappa shape index (κ1) is 18.5. The number of allylic oxidation sites excluding steroid dienone is 1. The van der Waals surface area contributed by atoms with E-state index in [9.17, 15) is 4.79 Å². The van der Waals surface area contributed by atoms with Crippen molar-refractivity contribution in [3.8, 4) is 0 Å². The van der Waals surface area contributed by atoms with Gasteiger partial charge in [0.05, 0.1) is 18.2 Å². The number of hydrogen-bond acceptors (Lipinski definition) is 3. The Kier molecular flexibility index (Phi) is 6.40. The summed E-state index contributed by atoms with van der Waals surface area (Å²) in [5.74, 6) is -0.217. The number of carbonyl (C=O) groups is 1. The lowest BCUT2D eigenvalue weighted by Gasteiger charge is -2.30. The Bertz CT molecular complexity index is 681. The molecule has 1 aliphatic heterocycles. The molecule has 1 aromatic rings. The number of hydrogen-bond donors (Lipinski definition) is 2. The molecule has 2 rings (SSSR count). The van der Waals surface area contributed by atoms with E-state index >= 15 is 0 Å². The van der Waals surface area contributed by atoms with E-state index in [0.29, 0.717) is 22.3 Å². The lowest BCUT2D eigenvalue weighted by molar-refractivity contribution is -0.138. The fourth-order valence-corrected chi connectivity index (χ4v) is 2.80. The molecule has 4 nitrogen and oxygen atoms in total. The van der Waals surface area contributed by atoms with Crippen molar-refractivity contribution in [2.45, 2.75) is 26.8 Å². The first-order chi connectivity index (χ1) is 11.4. The van der Waals surface area contributed by atoms with Gasteiger partial charge in [0, 0.05) is 10.7 Å². The fraction of sp³-hybridized carbons (Fsp3) is 0.333. The SMILES string of the molecule is CCOC(=O)C1=C(C(C)C)NC(=S)N[C@H]1/C=C/c1ccc(Cl)cc1. The van der Waals surface area contributed by atoms with Crippen LogP contribution in [0, 0.1) is 5.92 Å². The van der Waals surface area contributed by atoms with Crippen LogP contribution in [-0.2, 0) is 9.53 Å². The van der Waals surface area contributed by atoms with E-state index in [-0.39, 0.29) is 17.9 Å². The average Bonchev–Trinajstić information content (AvgIpc) is 2.53. The summed E-state index contributed by atoms with van der Waals surface area (Å²) in [7, 11) is 0. The monoisotopic (exact) mass is 364 g/mol. The molecule has 24 heavy (non-hydrogen) atoms. The summed E-state index contributed by atoms with van der Waals surface area (Å²) in [5.41, 5.74) is 2.34. The highest BCUT2D eigenvalue weighted by molar-refractivity contribution is 7.80. The summed E-state index contributed by atoms with van der Waals surface area (Å²) >= 11 is 11.2. The number of benzene rings is 1. The van der Waals surface area contributed by atoms with Crippen LogP contribution in [0.25, 0.3) is 6.08 Å². The summed E-state index contributed by atoms with van der Waals surface area (Å²) in [6, 6.07) is 7.13. The Morgan fingerprint density at radius 1 is 1.38 bits per heavy atom. The van der Waals surface area contributed by atoms with Gasteiger partial charge in [0.1, 0.15) is 0 Å². The van der Waals surface area contributed by atoms with E-state index in [1.54, 1.807) is 6.92 Å². The highest BCUT2D eigenvalue weighted by atomic mass is 35.5. The summed E-state index contributed by atoms with van der Waals surface area (Å²) < 4.78 is 5.22. The van der Waals surface area contributed by atoms with Crippen LogP contribution in [0.1, 0.15) is 26.3 Å². The minimum Gasteiger partial charge on any atom is -0.463 e. The predicted molar refractivity (Wildman–Crippen MR) is 102 cm³/mol. The van der Waals surface area contributed by atoms with Crippen molar-refractivity contribution < 1.29 is 9.53 Å². The molecular weight excluding hydrogens is 344 g/mol. The highest BCUT2D eigenvalue weighted by Gasteiger charge is 2.30. The molecule has 0 unspecified atom stereocenters. The van der Waals surface area contributed by atoms with E-state index in [0.717, 1.165) is 11.3 Å². The average molecular weight is 365 g/mol. The van der Waals surface area contributed by atoms with Crippen molar-refractivity contribution in [3.63, 3.8) is 0 Å². The second-order valence-corrected chi connectivity index (χ2v) is 6.53. The van der Waals surface area contributed by atoms with Gasteiger partial charge in [0.25, 0.3) is 0 Å². The van der Waals surface area contributed by atoms with Crippen LogP contribution in [0.5, 0.6) is 0 Å². The molecule has 1 aliphatic rings. The zero-order valence-electron chi connectivity index (χ0n) is 13.9. The first-order valence-corrected chi connectivity index (χ1v) is 8.63. The Morgan fingerprint density at radius 2 is 2.04 bits per heavy atom. The smallest absolute Gasteiger partial charge is 0.338 e. The molecule has 6 heteroatoms. The molecule has 0 spiro atoms. The van der Waals surface area contributed by atoms with E-state index in [1.165, 1.54) is 0 Å². The van der Waals surface area contributed by atoms with Crippen molar-refractivity contribution in [2.24, 2.45) is 5.92 Å². The molecule has 0 radical (unpaired) electrons. The Labute approximate surface area is 152 Å². The van der Waals surface area contributed by atoms with Gasteiger partial charge in [-0.15, -0.1) is 0 Å². The fourth-order valence-electron chi connectivity index (χ4n) is 2.43. The van der Waals surface area contributed by atoms with Crippen LogP contribution in [0.3, 0.4) is 0 Å². The lowest BCUT2D eigenvalue weighted by Crippen LogP contribution is -2.50. The number of thiocarbonyl (C=S) groups is 1. The number of rotatable bonds is 5. The van der Waals surface area contributed by atoms with E-state index in [2.05, 4.69) is 10.6 Å². The third-order valence-corrected chi connectivity index (χ3v) is 4.03. The summed E-state index contributed by atoms with van der Waals surface area (Å²) in [5, 5.41) is 7.39. The maximum absolute atomic E-state index is 12.4. The molecule has 0 aromatic heterocycles. The quantitative estimate of drug-likeness (QED) is 0.616. The second kappa shape index (κ2) is 8.31. The van der Waals surface area contributed by atoms with E-state index < -0.39 is 0 Å². The van der Waals surface area contributed by atoms with E-state index in [4.69, 9.17) is 28.6 Å². The zero-order valence-corrected chi connectivity index (χ0v) is 15.5. The lowest BCUT2D eigenvalue weighted by atomic mass is 9.95. The summed E-state index contributed by atoms with van der Waals surface area (Å²) in [4.78, 5) is 12.4. The van der Waals surface area contributed by atoms with Gasteiger partial charge in [-0.25, -0.2) is 4.79 Å². The third kappa shape index (κ3) is 4.58. The maximum atomic E-state index is 12.4. The van der Waals surface area contributed by atoms with Crippen molar-refractivity contribution in [3.05, 3.63) is 52.2 Å². The van der Waals surface area contributed by atoms with Crippen LogP contribution in [0.2, 0.25) is 5.02 Å². The Balaban J connectivity index is 2.36. The molecule has 0 aliphatic carbocycles. The molecule has 1 atom stereocenters. The molecular formula is C18H21ClN2O2S.